The van der Waals surface area contributed by atoms with Gasteiger partial charge in [0.25, 0.3) is 5.91 Å². The lowest BCUT2D eigenvalue weighted by Crippen LogP contribution is -2.42. The lowest BCUT2D eigenvalue weighted by molar-refractivity contribution is -0.116. The summed E-state index contributed by atoms with van der Waals surface area (Å²) < 4.78 is 13.2. The van der Waals surface area contributed by atoms with Gasteiger partial charge in [0.15, 0.2) is 17.7 Å². The van der Waals surface area contributed by atoms with Gasteiger partial charge in [-0.2, -0.15) is 0 Å². The van der Waals surface area contributed by atoms with E-state index in [0.29, 0.717) is 47.0 Å². The van der Waals surface area contributed by atoms with Crippen LogP contribution >= 0.6 is 0 Å². The number of fused-ring (bicyclic) bond motifs is 4. The fourth-order valence-electron chi connectivity index (χ4n) is 5.26. The van der Waals surface area contributed by atoms with Crippen LogP contribution in [0.15, 0.2) is 64.5 Å². The van der Waals surface area contributed by atoms with E-state index >= 15 is 0 Å². The van der Waals surface area contributed by atoms with Crippen LogP contribution in [0.4, 0.5) is 17.1 Å². The first-order valence-corrected chi connectivity index (χ1v) is 14.3. The number of aliphatic imine (C=N–C) groups is 2. The van der Waals surface area contributed by atoms with Crippen molar-refractivity contribution in [1.82, 2.24) is 15.4 Å². The number of nitrogens with zero attached hydrogens (tertiary/aromatic N) is 4. The summed E-state index contributed by atoms with van der Waals surface area (Å²) in [6.07, 6.45) is 5.02. The number of amides is 2. The molecule has 2 aromatic carbocycles. The summed E-state index contributed by atoms with van der Waals surface area (Å²) in [4.78, 5) is 36.5. The number of nitrogens with two attached hydrogens (primary N) is 1. The van der Waals surface area contributed by atoms with E-state index in [9.17, 15) is 19.9 Å². The topological polar surface area (TPSA) is 188 Å². The second-order valence-electron chi connectivity index (χ2n) is 10.5. The maximum atomic E-state index is 13.6. The lowest BCUT2D eigenvalue weighted by atomic mass is 10.1. The molecule has 2 unspecified atom stereocenters. The van der Waals surface area contributed by atoms with Crippen LogP contribution in [0.25, 0.3) is 6.08 Å². The van der Waals surface area contributed by atoms with Crippen molar-refractivity contribution in [3.05, 3.63) is 71.3 Å². The van der Waals surface area contributed by atoms with Gasteiger partial charge in [0.1, 0.15) is 11.7 Å². The summed E-state index contributed by atoms with van der Waals surface area (Å²) >= 11 is 0. The van der Waals surface area contributed by atoms with Gasteiger partial charge in [0.05, 0.1) is 36.7 Å². The lowest BCUT2D eigenvalue weighted by Gasteiger charge is -2.22. The highest BCUT2D eigenvalue weighted by Gasteiger charge is 2.36. The van der Waals surface area contributed by atoms with E-state index in [1.54, 1.807) is 53.2 Å². The number of aliphatic hydroxyl groups excluding tert-OH is 1. The van der Waals surface area contributed by atoms with Gasteiger partial charge in [-0.15, -0.1) is 0 Å². The number of nitrogens with one attached hydrogen (secondary N) is 3. The maximum absolute atomic E-state index is 13.6. The molecule has 0 aliphatic carbocycles. The molecule has 236 valence electrons. The molecule has 1 aromatic heterocycles. The Bertz CT molecular complexity index is 1680. The maximum Gasteiger partial charge on any atom is 0.261 e. The number of hydrogen-bond donors (Lipinski definition) is 6. The number of aliphatic hydroxyl groups is 1. The molecule has 0 radical (unpaired) electrons. The van der Waals surface area contributed by atoms with Crippen LogP contribution in [0.5, 0.6) is 11.5 Å². The number of anilines is 2. The Balaban J connectivity index is 1.18. The normalized spacial score (nSPS) is 16.4. The molecule has 14 heteroatoms. The van der Waals surface area contributed by atoms with Crippen LogP contribution in [-0.4, -0.2) is 71.8 Å². The molecule has 0 saturated carbocycles. The van der Waals surface area contributed by atoms with Crippen molar-refractivity contribution in [2.24, 2.45) is 22.8 Å². The number of benzene rings is 2. The van der Waals surface area contributed by atoms with Crippen LogP contribution < -0.4 is 36.2 Å². The van der Waals surface area contributed by atoms with Gasteiger partial charge in [-0.05, 0) is 30.2 Å². The van der Waals surface area contributed by atoms with Gasteiger partial charge in [0.2, 0.25) is 5.91 Å². The van der Waals surface area contributed by atoms with Crippen molar-refractivity contribution in [3.63, 3.8) is 0 Å². The first-order chi connectivity index (χ1) is 21.7. The Kier molecular flexibility index (Phi) is 9.47. The predicted molar refractivity (Wildman–Crippen MR) is 170 cm³/mol. The summed E-state index contributed by atoms with van der Waals surface area (Å²) in [5.41, 5.74) is 11.5. The van der Waals surface area contributed by atoms with E-state index in [1.807, 2.05) is 29.7 Å². The number of methoxy groups -OCH3 is 1. The summed E-state index contributed by atoms with van der Waals surface area (Å²) in [7, 11) is 4.72. The quantitative estimate of drug-likeness (QED) is 0.0618. The smallest absolute Gasteiger partial charge is 0.261 e. The fraction of sp³-hybridized carbons (Fsp3) is 0.290. The van der Waals surface area contributed by atoms with Gasteiger partial charge in [-0.25, -0.2) is 0 Å². The Labute approximate surface area is 259 Å². The molecular weight excluding hydrogens is 580 g/mol. The number of hydroxylamine groups is 1. The molecule has 14 nitrogen and oxygen atoms in total. The van der Waals surface area contributed by atoms with Gasteiger partial charge in [0, 0.05) is 62.9 Å². The summed E-state index contributed by atoms with van der Waals surface area (Å²) in [6, 6.07) is 12.8. The van der Waals surface area contributed by atoms with Crippen LogP contribution in [-0.2, 0) is 18.3 Å². The molecule has 2 aliphatic heterocycles. The molecule has 45 heavy (non-hydrogen) atoms. The third kappa shape index (κ3) is 6.82. The molecule has 0 fully saturated rings. The van der Waals surface area contributed by atoms with Crippen molar-refractivity contribution < 1.29 is 29.4 Å². The van der Waals surface area contributed by atoms with Crippen molar-refractivity contribution in [2.45, 2.75) is 31.5 Å². The van der Waals surface area contributed by atoms with E-state index in [1.165, 1.54) is 14.2 Å². The molecule has 3 heterocycles. The number of amidine groups is 1. The van der Waals surface area contributed by atoms with E-state index in [2.05, 4.69) is 20.6 Å². The number of ether oxygens (including phenoxy) is 2. The Morgan fingerprint density at radius 2 is 2.07 bits per heavy atom. The average molecular weight is 617 g/mol. The highest BCUT2D eigenvalue weighted by Crippen LogP contribution is 2.40. The first kappa shape index (κ1) is 31.3. The Morgan fingerprint density at radius 3 is 2.80 bits per heavy atom. The van der Waals surface area contributed by atoms with Crippen molar-refractivity contribution in [1.29, 1.82) is 0 Å². The van der Waals surface area contributed by atoms with Crippen LogP contribution in [0.1, 0.15) is 34.5 Å². The second kappa shape index (κ2) is 13.6. The standard InChI is InChI=1S/C31H36N8O6/c1-33-30(29(32)41)36-27(37-43)13-20-12-19(17-38(20)2)35-28(40)9-6-10-45-26-15-23-22(14-25(26)44-3)31(42)39-21(16-34-23)11-18-7-4-5-8-24(18)39/h4-5,7-8,12-17,21,29,37,41,43H,6,9-11,32H2,1-3H3,(H,33,36)(H,35,40). The van der Waals surface area contributed by atoms with Gasteiger partial charge in [-0.1, -0.05) is 18.2 Å². The minimum Gasteiger partial charge on any atom is -0.493 e. The number of rotatable bonds is 11. The average Bonchev–Trinajstić information content (AvgIpc) is 3.54. The van der Waals surface area contributed by atoms with Gasteiger partial charge < -0.3 is 29.8 Å². The molecule has 0 spiro atoms. The van der Waals surface area contributed by atoms with E-state index in [4.69, 9.17) is 15.2 Å². The molecular formula is C31H36N8O6. The first-order valence-electron chi connectivity index (χ1n) is 14.3. The Morgan fingerprint density at radius 1 is 1.27 bits per heavy atom. The van der Waals surface area contributed by atoms with Crippen LogP contribution in [0.3, 0.4) is 0 Å². The van der Waals surface area contributed by atoms with Gasteiger partial charge in [-0.3, -0.25) is 40.9 Å². The zero-order chi connectivity index (χ0) is 32.1. The summed E-state index contributed by atoms with van der Waals surface area (Å²) in [6.45, 7) is 0.233. The summed E-state index contributed by atoms with van der Waals surface area (Å²) in [5.74, 6) is 0.641. The zero-order valence-electron chi connectivity index (χ0n) is 25.2. The fourth-order valence-corrected chi connectivity index (χ4v) is 5.26. The largest absolute Gasteiger partial charge is 0.493 e. The minimum atomic E-state index is -1.36. The SMILES string of the molecule is CN=C(NC(=Cc1cc(NC(=O)CCCOc2cc3c(cc2OC)C(=O)N2c4ccccc4CC2C=N3)cn1C)NO)C(N)O. The number of hydrogen-bond acceptors (Lipinski definition) is 10. The number of para-hydroxylation sites is 1. The monoisotopic (exact) mass is 616 g/mol. The molecule has 2 aliphatic rings. The van der Waals surface area contributed by atoms with E-state index < -0.39 is 6.23 Å². The third-order valence-electron chi connectivity index (χ3n) is 7.46. The third-order valence-corrected chi connectivity index (χ3v) is 7.46. The van der Waals surface area contributed by atoms with Crippen molar-refractivity contribution in [3.8, 4) is 11.5 Å². The number of carbonyl (C=O) groups excluding carboxylic acids is 2. The summed E-state index contributed by atoms with van der Waals surface area (Å²) in [5, 5.41) is 24.5. The van der Waals surface area contributed by atoms with E-state index in [-0.39, 0.29) is 42.5 Å². The minimum absolute atomic E-state index is 0.0453. The number of aromatic nitrogens is 1. The highest BCUT2D eigenvalue weighted by atomic mass is 16.5. The molecule has 7 N–H and O–H groups in total. The molecule has 2 atom stereocenters. The number of aryl methyl sites for hydroxylation is 1. The van der Waals surface area contributed by atoms with Crippen molar-refractivity contribution >= 4 is 47.0 Å². The predicted octanol–water partition coefficient (Wildman–Crippen LogP) is 2.29. The zero-order valence-corrected chi connectivity index (χ0v) is 25.2. The molecule has 3 aromatic rings. The van der Waals surface area contributed by atoms with Crippen molar-refractivity contribution in [2.75, 3.05) is 31.0 Å². The molecule has 2 amide bonds. The van der Waals surface area contributed by atoms with E-state index in [0.717, 1.165) is 11.3 Å². The van der Waals surface area contributed by atoms with Crippen LogP contribution in [0, 0.1) is 0 Å². The Hall–Kier alpha value is -5.18. The molecule has 0 saturated heterocycles. The second-order valence-corrected chi connectivity index (χ2v) is 10.5. The molecule has 0 bridgehead atoms. The highest BCUT2D eigenvalue weighted by molar-refractivity contribution is 6.14. The number of carbonyl (C=O) groups is 2. The molecule has 5 rings (SSSR count). The van der Waals surface area contributed by atoms with Crippen LogP contribution in [0.2, 0.25) is 0 Å². The van der Waals surface area contributed by atoms with Gasteiger partial charge >= 0.3 is 0 Å².